The molecule has 0 spiro atoms. The SMILES string of the molecule is COc1cnc(Cl)cc1-n1c(=O)ccc2cc(C)ccc21. The molecule has 3 aromatic rings. The highest BCUT2D eigenvalue weighted by Crippen LogP contribution is 2.26. The zero-order chi connectivity index (χ0) is 15.0. The third-order valence-corrected chi connectivity index (χ3v) is 3.53. The fourth-order valence-corrected chi connectivity index (χ4v) is 2.51. The molecule has 0 fully saturated rings. The molecule has 0 radical (unpaired) electrons. The molecule has 4 nitrogen and oxygen atoms in total. The van der Waals surface area contributed by atoms with Gasteiger partial charge in [0, 0.05) is 12.1 Å². The average molecular weight is 301 g/mol. The molecule has 0 aliphatic carbocycles. The molecule has 0 bridgehead atoms. The lowest BCUT2D eigenvalue weighted by Gasteiger charge is -2.14. The van der Waals surface area contributed by atoms with Crippen LogP contribution in [0.1, 0.15) is 5.56 Å². The van der Waals surface area contributed by atoms with Gasteiger partial charge in [-0.1, -0.05) is 23.2 Å². The van der Waals surface area contributed by atoms with E-state index in [0.29, 0.717) is 16.6 Å². The molecule has 0 amide bonds. The Hall–Kier alpha value is -2.33. The van der Waals surface area contributed by atoms with Gasteiger partial charge in [-0.25, -0.2) is 4.98 Å². The number of nitrogens with zero attached hydrogens (tertiary/aromatic N) is 2. The van der Waals surface area contributed by atoms with Gasteiger partial charge in [-0.05, 0) is 30.5 Å². The Morgan fingerprint density at radius 1 is 1.19 bits per heavy atom. The predicted molar refractivity (Wildman–Crippen MR) is 83.6 cm³/mol. The molecular formula is C16H13ClN2O2. The highest BCUT2D eigenvalue weighted by Gasteiger charge is 2.12. The Morgan fingerprint density at radius 3 is 2.76 bits per heavy atom. The molecule has 21 heavy (non-hydrogen) atoms. The second-order valence-corrected chi connectivity index (χ2v) is 5.14. The van der Waals surface area contributed by atoms with Crippen molar-refractivity contribution in [3.05, 3.63) is 63.7 Å². The summed E-state index contributed by atoms with van der Waals surface area (Å²) in [4.78, 5) is 16.3. The Bertz CT molecular complexity index is 887. The lowest BCUT2D eigenvalue weighted by Crippen LogP contribution is -2.18. The van der Waals surface area contributed by atoms with E-state index in [1.54, 1.807) is 10.6 Å². The van der Waals surface area contributed by atoms with Gasteiger partial charge < -0.3 is 4.74 Å². The van der Waals surface area contributed by atoms with Gasteiger partial charge in [0.25, 0.3) is 5.56 Å². The molecule has 1 aromatic carbocycles. The first kappa shape index (κ1) is 13.6. The predicted octanol–water partition coefficient (Wildman–Crippen LogP) is 3.36. The van der Waals surface area contributed by atoms with Crippen molar-refractivity contribution in [3.8, 4) is 11.4 Å². The van der Waals surface area contributed by atoms with Gasteiger partial charge >= 0.3 is 0 Å². The lowest BCUT2D eigenvalue weighted by atomic mass is 10.1. The summed E-state index contributed by atoms with van der Waals surface area (Å²) in [5.74, 6) is 0.495. The van der Waals surface area contributed by atoms with Gasteiger partial charge in [0.15, 0.2) is 5.75 Å². The van der Waals surface area contributed by atoms with Crippen LogP contribution < -0.4 is 10.3 Å². The van der Waals surface area contributed by atoms with E-state index in [9.17, 15) is 4.79 Å². The second kappa shape index (κ2) is 5.22. The molecule has 2 heterocycles. The summed E-state index contributed by atoms with van der Waals surface area (Å²) in [6.45, 7) is 2.01. The number of hydrogen-bond donors (Lipinski definition) is 0. The van der Waals surface area contributed by atoms with E-state index in [-0.39, 0.29) is 5.56 Å². The third kappa shape index (κ3) is 2.38. The van der Waals surface area contributed by atoms with E-state index >= 15 is 0 Å². The van der Waals surface area contributed by atoms with E-state index in [0.717, 1.165) is 16.5 Å². The van der Waals surface area contributed by atoms with Crippen LogP contribution >= 0.6 is 11.6 Å². The first-order valence-electron chi connectivity index (χ1n) is 6.42. The number of rotatable bonds is 2. The Morgan fingerprint density at radius 2 is 2.00 bits per heavy atom. The summed E-state index contributed by atoms with van der Waals surface area (Å²) in [5, 5.41) is 1.28. The van der Waals surface area contributed by atoms with E-state index in [4.69, 9.17) is 16.3 Å². The van der Waals surface area contributed by atoms with Gasteiger partial charge in [0.2, 0.25) is 0 Å². The number of ether oxygens (including phenoxy) is 1. The smallest absolute Gasteiger partial charge is 0.255 e. The van der Waals surface area contributed by atoms with Crippen molar-refractivity contribution in [1.82, 2.24) is 9.55 Å². The molecule has 0 saturated carbocycles. The fourth-order valence-electron chi connectivity index (χ4n) is 2.35. The van der Waals surface area contributed by atoms with Crippen molar-refractivity contribution in [3.63, 3.8) is 0 Å². The van der Waals surface area contributed by atoms with Crippen LogP contribution in [0.2, 0.25) is 5.15 Å². The maximum absolute atomic E-state index is 12.3. The lowest BCUT2D eigenvalue weighted by molar-refractivity contribution is 0.411. The Balaban J connectivity index is 2.42. The minimum absolute atomic E-state index is 0.146. The molecule has 106 valence electrons. The van der Waals surface area contributed by atoms with Crippen LogP contribution in [0.25, 0.3) is 16.6 Å². The van der Waals surface area contributed by atoms with E-state index in [1.807, 2.05) is 31.2 Å². The number of aromatic nitrogens is 2. The summed E-state index contributed by atoms with van der Waals surface area (Å²) in [7, 11) is 1.54. The molecule has 3 rings (SSSR count). The molecule has 0 unspecified atom stereocenters. The van der Waals surface area contributed by atoms with Crippen LogP contribution in [0, 0.1) is 6.92 Å². The van der Waals surface area contributed by atoms with Crippen LogP contribution in [-0.4, -0.2) is 16.7 Å². The van der Waals surface area contributed by atoms with Crippen LogP contribution in [0.3, 0.4) is 0 Å². The molecule has 0 aliphatic heterocycles. The summed E-state index contributed by atoms with van der Waals surface area (Å²) in [6, 6.07) is 10.9. The number of fused-ring (bicyclic) bond motifs is 1. The van der Waals surface area contributed by atoms with Crippen LogP contribution in [-0.2, 0) is 0 Å². The van der Waals surface area contributed by atoms with Crippen LogP contribution in [0.15, 0.2) is 47.4 Å². The second-order valence-electron chi connectivity index (χ2n) is 4.75. The highest BCUT2D eigenvalue weighted by molar-refractivity contribution is 6.29. The summed E-state index contributed by atoms with van der Waals surface area (Å²) < 4.78 is 6.89. The standard InChI is InChI=1S/C16H13ClN2O2/c1-10-3-5-12-11(7-10)4-6-16(20)19(12)13-8-15(17)18-9-14(13)21-2/h3-9H,1-2H3. The monoisotopic (exact) mass is 300 g/mol. The van der Waals surface area contributed by atoms with Gasteiger partial charge in [-0.3, -0.25) is 9.36 Å². The maximum Gasteiger partial charge on any atom is 0.255 e. The van der Waals surface area contributed by atoms with Crippen molar-refractivity contribution < 1.29 is 4.74 Å². The van der Waals surface area contributed by atoms with Gasteiger partial charge in [0.05, 0.1) is 24.5 Å². The minimum Gasteiger partial charge on any atom is -0.493 e. The molecule has 5 heteroatoms. The largest absolute Gasteiger partial charge is 0.493 e. The fraction of sp³-hybridized carbons (Fsp3) is 0.125. The highest BCUT2D eigenvalue weighted by atomic mass is 35.5. The van der Waals surface area contributed by atoms with E-state index in [2.05, 4.69) is 4.98 Å². The molecule has 0 saturated heterocycles. The third-order valence-electron chi connectivity index (χ3n) is 3.32. The number of aryl methyl sites for hydroxylation is 1. The number of benzene rings is 1. The molecule has 0 atom stereocenters. The summed E-state index contributed by atoms with van der Waals surface area (Å²) >= 11 is 5.97. The topological polar surface area (TPSA) is 44.1 Å². The normalized spacial score (nSPS) is 10.8. The summed E-state index contributed by atoms with van der Waals surface area (Å²) in [6.07, 6.45) is 1.51. The molecular weight excluding hydrogens is 288 g/mol. The number of methoxy groups -OCH3 is 1. The van der Waals surface area contributed by atoms with Crippen molar-refractivity contribution in [1.29, 1.82) is 0 Å². The van der Waals surface area contributed by atoms with E-state index in [1.165, 1.54) is 19.4 Å². The van der Waals surface area contributed by atoms with Crippen molar-refractivity contribution in [2.75, 3.05) is 7.11 Å². The van der Waals surface area contributed by atoms with Crippen molar-refractivity contribution in [2.45, 2.75) is 6.92 Å². The quantitative estimate of drug-likeness (QED) is 0.682. The number of hydrogen-bond acceptors (Lipinski definition) is 3. The molecule has 0 N–H and O–H groups in total. The first-order valence-corrected chi connectivity index (χ1v) is 6.80. The maximum atomic E-state index is 12.3. The van der Waals surface area contributed by atoms with Crippen LogP contribution in [0.5, 0.6) is 5.75 Å². The van der Waals surface area contributed by atoms with Crippen molar-refractivity contribution >= 4 is 22.5 Å². The van der Waals surface area contributed by atoms with E-state index < -0.39 is 0 Å². The molecule has 0 aliphatic rings. The Kier molecular flexibility index (Phi) is 3.39. The summed E-state index contributed by atoms with van der Waals surface area (Å²) in [5.41, 5.74) is 2.37. The minimum atomic E-state index is -0.146. The van der Waals surface area contributed by atoms with Crippen LogP contribution in [0.4, 0.5) is 0 Å². The number of halogens is 1. The Labute approximate surface area is 126 Å². The van der Waals surface area contributed by atoms with Crippen molar-refractivity contribution in [2.24, 2.45) is 0 Å². The average Bonchev–Trinajstić information content (AvgIpc) is 2.47. The van der Waals surface area contributed by atoms with Gasteiger partial charge in [-0.15, -0.1) is 0 Å². The van der Waals surface area contributed by atoms with Gasteiger partial charge in [-0.2, -0.15) is 0 Å². The zero-order valence-electron chi connectivity index (χ0n) is 11.6. The van der Waals surface area contributed by atoms with Gasteiger partial charge in [0.1, 0.15) is 5.15 Å². The first-order chi connectivity index (χ1) is 10.1. The zero-order valence-corrected chi connectivity index (χ0v) is 12.4. The molecule has 2 aromatic heterocycles. The number of pyridine rings is 2.